The number of halogens is 2. The highest BCUT2D eigenvalue weighted by atomic mass is 32.2. The van der Waals surface area contributed by atoms with Crippen LogP contribution in [-0.4, -0.2) is 43.7 Å². The number of aromatic nitrogens is 2. The third kappa shape index (κ3) is 2.49. The van der Waals surface area contributed by atoms with Crippen molar-refractivity contribution < 1.29 is 18.1 Å². The van der Waals surface area contributed by atoms with E-state index in [4.69, 9.17) is 4.78 Å². The number of aryl methyl sites for hydroxylation is 1. The topological polar surface area (TPSA) is 90.2 Å². The van der Waals surface area contributed by atoms with Gasteiger partial charge in [0.1, 0.15) is 5.69 Å². The maximum atomic E-state index is 14.5. The molecule has 0 radical (unpaired) electrons. The van der Waals surface area contributed by atoms with Gasteiger partial charge in [-0.15, -0.1) is 0 Å². The maximum Gasteiger partial charge on any atom is 0.290 e. The predicted octanol–water partition coefficient (Wildman–Crippen LogP) is 2.71. The number of alkyl halides is 2. The Hall–Kier alpha value is -2.13. The molecule has 1 unspecified atom stereocenters. The summed E-state index contributed by atoms with van der Waals surface area (Å²) in [7, 11) is -2.75. The average molecular weight is 406 g/mol. The number of aliphatic hydroxyl groups is 1. The van der Waals surface area contributed by atoms with Crippen molar-refractivity contribution in [2.75, 3.05) is 17.2 Å². The number of fused-ring (bicyclic) bond motifs is 2. The van der Waals surface area contributed by atoms with Crippen molar-refractivity contribution in [2.24, 2.45) is 0 Å². The number of nitrogens with zero attached hydrogens (tertiary/aromatic N) is 3. The van der Waals surface area contributed by atoms with Crippen molar-refractivity contribution >= 4 is 15.7 Å². The Bertz CT molecular complexity index is 1100. The summed E-state index contributed by atoms with van der Waals surface area (Å²) < 4.78 is 49.2. The zero-order valence-corrected chi connectivity index (χ0v) is 16.1. The molecular weight excluding hydrogens is 386 g/mol. The van der Waals surface area contributed by atoms with Crippen LogP contribution in [0.2, 0.25) is 0 Å². The minimum atomic E-state index is -3.00. The van der Waals surface area contributed by atoms with E-state index in [9.17, 15) is 18.1 Å². The molecule has 1 saturated heterocycles. The van der Waals surface area contributed by atoms with Gasteiger partial charge in [0.15, 0.2) is 0 Å². The van der Waals surface area contributed by atoms with E-state index in [1.165, 1.54) is 0 Å². The first kappa shape index (κ1) is 17.9. The van der Waals surface area contributed by atoms with Crippen molar-refractivity contribution in [3.05, 3.63) is 35.0 Å². The van der Waals surface area contributed by atoms with Crippen LogP contribution in [0.5, 0.6) is 0 Å². The van der Waals surface area contributed by atoms with E-state index < -0.39 is 21.8 Å². The van der Waals surface area contributed by atoms with E-state index >= 15 is 0 Å². The molecule has 1 aliphatic carbocycles. The molecule has 2 aliphatic heterocycles. The molecule has 6 nitrogen and oxygen atoms in total. The second-order valence-electron chi connectivity index (χ2n) is 7.82. The van der Waals surface area contributed by atoms with Crippen molar-refractivity contribution in [1.82, 2.24) is 9.97 Å². The van der Waals surface area contributed by atoms with Gasteiger partial charge in [0.25, 0.3) is 5.92 Å². The predicted molar refractivity (Wildman–Crippen MR) is 100 cm³/mol. The van der Waals surface area contributed by atoms with Gasteiger partial charge < -0.3 is 10.0 Å². The molecule has 0 amide bonds. The van der Waals surface area contributed by atoms with E-state index in [-0.39, 0.29) is 30.5 Å². The van der Waals surface area contributed by atoms with Gasteiger partial charge >= 0.3 is 0 Å². The summed E-state index contributed by atoms with van der Waals surface area (Å²) >= 11 is 0. The number of β-amino-alcohol motifs (C(OH)–C–C–N with tert-alkyl or cyclic N) is 1. The first-order valence-electron chi connectivity index (χ1n) is 9.31. The minimum Gasteiger partial charge on any atom is -0.389 e. The normalized spacial score (nSPS) is 30.1. The SMILES string of the molecule is C[C@H]1[C@H](O)CN1c1nc(-c2ccc3c(c2)CCS3(=N)=O)c2c(n1)C(F)(F)CC2. The summed E-state index contributed by atoms with van der Waals surface area (Å²) in [6.45, 7) is 2.12. The second kappa shape index (κ2) is 5.70. The van der Waals surface area contributed by atoms with Gasteiger partial charge in [-0.3, -0.25) is 0 Å². The molecular formula is C19H20F2N4O2S. The van der Waals surface area contributed by atoms with Crippen LogP contribution in [0.4, 0.5) is 14.7 Å². The summed E-state index contributed by atoms with van der Waals surface area (Å²) in [4.78, 5) is 11.0. The molecule has 148 valence electrons. The van der Waals surface area contributed by atoms with E-state index in [2.05, 4.69) is 9.97 Å². The fourth-order valence-corrected chi connectivity index (χ4v) is 5.84. The van der Waals surface area contributed by atoms with E-state index in [0.29, 0.717) is 40.4 Å². The number of benzene rings is 1. The summed E-state index contributed by atoms with van der Waals surface area (Å²) in [6, 6.07) is 4.99. The lowest BCUT2D eigenvalue weighted by molar-refractivity contribution is -0.00603. The molecule has 5 rings (SSSR count). The van der Waals surface area contributed by atoms with Gasteiger partial charge in [-0.2, -0.15) is 8.78 Å². The van der Waals surface area contributed by atoms with E-state index in [0.717, 1.165) is 5.56 Å². The largest absolute Gasteiger partial charge is 0.389 e. The number of rotatable bonds is 2. The molecule has 3 heterocycles. The summed E-state index contributed by atoms with van der Waals surface area (Å²) in [5.41, 5.74) is 2.20. The summed E-state index contributed by atoms with van der Waals surface area (Å²) in [6.07, 6.45) is -0.0811. The quantitative estimate of drug-likeness (QED) is 0.800. The molecule has 1 aromatic carbocycles. The Morgan fingerprint density at radius 1 is 1.32 bits per heavy atom. The van der Waals surface area contributed by atoms with Crippen molar-refractivity contribution in [3.8, 4) is 11.3 Å². The van der Waals surface area contributed by atoms with E-state index in [1.54, 1.807) is 17.0 Å². The number of hydrogen-bond acceptors (Lipinski definition) is 6. The maximum absolute atomic E-state index is 14.5. The highest BCUT2D eigenvalue weighted by Crippen LogP contribution is 2.45. The van der Waals surface area contributed by atoms with Crippen LogP contribution in [-0.2, 0) is 28.5 Å². The van der Waals surface area contributed by atoms with Crippen LogP contribution in [0.25, 0.3) is 11.3 Å². The molecule has 1 aromatic heterocycles. The van der Waals surface area contributed by atoms with Crippen LogP contribution >= 0.6 is 0 Å². The molecule has 0 saturated carbocycles. The lowest BCUT2D eigenvalue weighted by atomic mass is 10.0. The first-order chi connectivity index (χ1) is 13.2. The van der Waals surface area contributed by atoms with Crippen LogP contribution in [0.15, 0.2) is 23.1 Å². The number of anilines is 1. The molecule has 3 aliphatic rings. The smallest absolute Gasteiger partial charge is 0.290 e. The van der Waals surface area contributed by atoms with Crippen molar-refractivity contribution in [1.29, 1.82) is 4.78 Å². The molecule has 3 atom stereocenters. The fraction of sp³-hybridized carbons (Fsp3) is 0.474. The van der Waals surface area contributed by atoms with Crippen LogP contribution in [0, 0.1) is 4.78 Å². The van der Waals surface area contributed by atoms with Crippen LogP contribution in [0.3, 0.4) is 0 Å². The van der Waals surface area contributed by atoms with E-state index in [1.807, 2.05) is 13.0 Å². The van der Waals surface area contributed by atoms with Gasteiger partial charge in [-0.1, -0.05) is 6.07 Å². The Balaban J connectivity index is 1.67. The highest BCUT2D eigenvalue weighted by Gasteiger charge is 2.45. The fourth-order valence-electron chi connectivity index (χ4n) is 4.24. The number of nitrogens with one attached hydrogen (secondary N) is 1. The third-order valence-electron chi connectivity index (χ3n) is 6.07. The van der Waals surface area contributed by atoms with Gasteiger partial charge in [0, 0.05) is 29.8 Å². The number of aliphatic hydroxyl groups excluding tert-OH is 1. The molecule has 9 heteroatoms. The monoisotopic (exact) mass is 406 g/mol. The zero-order chi connectivity index (χ0) is 19.8. The highest BCUT2D eigenvalue weighted by molar-refractivity contribution is 7.92. The second-order valence-corrected chi connectivity index (χ2v) is 10.0. The minimum absolute atomic E-state index is 0.197. The zero-order valence-electron chi connectivity index (χ0n) is 15.3. The molecule has 0 bridgehead atoms. The molecule has 2 N–H and O–H groups in total. The van der Waals surface area contributed by atoms with Crippen LogP contribution in [0.1, 0.15) is 30.2 Å². The van der Waals surface area contributed by atoms with Gasteiger partial charge in [0.2, 0.25) is 5.95 Å². The van der Waals surface area contributed by atoms with Gasteiger partial charge in [-0.05, 0) is 37.5 Å². The molecule has 28 heavy (non-hydrogen) atoms. The van der Waals surface area contributed by atoms with Gasteiger partial charge in [0.05, 0.1) is 32.5 Å². The Morgan fingerprint density at radius 2 is 2.11 bits per heavy atom. The number of hydrogen-bond donors (Lipinski definition) is 2. The standard InChI is InChI=1S/C19H20F2N4O2S/c1-10-14(26)9-25(10)18-23-16(13-4-6-19(20,21)17(13)24-18)12-2-3-15-11(8-12)5-7-28(15,22)27/h2-3,8,10,14,22,26H,4-7,9H2,1H3/t10-,14+,28?/m0/s1. The summed E-state index contributed by atoms with van der Waals surface area (Å²) in [5, 5.41) is 9.80. The first-order valence-corrected chi connectivity index (χ1v) is 11.0. The third-order valence-corrected chi connectivity index (χ3v) is 7.96. The van der Waals surface area contributed by atoms with Crippen molar-refractivity contribution in [3.63, 3.8) is 0 Å². The molecule has 2 aromatic rings. The Kier molecular flexibility index (Phi) is 3.65. The lowest BCUT2D eigenvalue weighted by Gasteiger charge is -2.43. The van der Waals surface area contributed by atoms with Crippen molar-refractivity contribution in [2.45, 2.75) is 49.2 Å². The molecule has 1 fully saturated rings. The lowest BCUT2D eigenvalue weighted by Crippen LogP contribution is -2.59. The summed E-state index contributed by atoms with van der Waals surface area (Å²) in [5.74, 6) is -2.50. The average Bonchev–Trinajstić information content (AvgIpc) is 3.14. The van der Waals surface area contributed by atoms with Crippen LogP contribution < -0.4 is 4.90 Å². The van der Waals surface area contributed by atoms with Gasteiger partial charge in [-0.25, -0.2) is 19.0 Å². The Labute approximate surface area is 161 Å². The molecule has 0 spiro atoms. The Morgan fingerprint density at radius 3 is 2.82 bits per heavy atom.